The number of hydrogen-bond donors (Lipinski definition) is 0. The molecule has 0 heterocycles. The second-order valence-corrected chi connectivity index (χ2v) is 0. The van der Waals surface area contributed by atoms with Crippen molar-refractivity contribution in [3.8, 4) is 0 Å². The molecule has 0 amide bonds. The van der Waals surface area contributed by atoms with Gasteiger partial charge in [0, 0.05) is 22.4 Å². The molecule has 0 bridgehead atoms. The summed E-state index contributed by atoms with van der Waals surface area (Å²) in [5.74, 6) is 0. The third-order valence-corrected chi connectivity index (χ3v) is 0. The Bertz CT molecular complexity index is 8.00. The van der Waals surface area contributed by atoms with E-state index in [0.29, 0.717) is 0 Å². The molecule has 21 valence electrons. The summed E-state index contributed by atoms with van der Waals surface area (Å²) in [6.45, 7) is 0. The van der Waals surface area contributed by atoms with Gasteiger partial charge in [0.15, 0.2) is 0 Å². The van der Waals surface area contributed by atoms with E-state index < -0.39 is 0 Å². The van der Waals surface area contributed by atoms with E-state index in [-0.39, 0.29) is 92.6 Å². The van der Waals surface area contributed by atoms with Gasteiger partial charge in [0.25, 0.3) is 0 Å². The Morgan fingerprint density at radius 2 is 1.25 bits per heavy atom. The van der Waals surface area contributed by atoms with Gasteiger partial charge in [0.2, 0.25) is 0 Å². The molecule has 1 nitrogen and oxygen atoms in total. The van der Waals surface area contributed by atoms with E-state index in [1.807, 2.05) is 0 Å². The fraction of sp³-hybridized carbons (Fsp3) is 0. The summed E-state index contributed by atoms with van der Waals surface area (Å²) < 4.78 is 8.39. The zero-order valence-corrected chi connectivity index (χ0v) is 8.46. The zero-order valence-electron chi connectivity index (χ0n) is 1.36. The topological polar surface area (TPSA) is 17.1 Å². The molecular formula is H3BiOSrTa. The van der Waals surface area contributed by atoms with E-state index in [1.54, 1.807) is 0 Å². The molecule has 0 unspecified atom stereocenters. The Morgan fingerprint density at radius 3 is 1.25 bits per heavy atom. The molecule has 0 aliphatic heterocycles. The van der Waals surface area contributed by atoms with Gasteiger partial charge in [0.05, 0.1) is 0 Å². The second kappa shape index (κ2) is 16.8. The van der Waals surface area contributed by atoms with Gasteiger partial charge in [-0.3, -0.25) is 0 Å². The average molecular weight is 497 g/mol. The van der Waals surface area contributed by atoms with Crippen LogP contribution < -0.4 is 0 Å². The molecular weight excluding hydrogens is 494 g/mol. The van der Waals surface area contributed by atoms with E-state index in [9.17, 15) is 0 Å². The first-order valence-corrected chi connectivity index (χ1v) is 1.79. The van der Waals surface area contributed by atoms with Crippen LogP contribution in [-0.4, -0.2) is 70.2 Å². The SMILES string of the molecule is [O]=[BiH].[SrH2].[Ta]. The first kappa shape index (κ1) is 15.8. The third kappa shape index (κ3) is 8.86. The molecule has 0 aromatic rings. The zero-order chi connectivity index (χ0) is 2.00. The predicted octanol–water partition coefficient (Wildman–Crippen LogP) is -1.69. The maximum absolute atomic E-state index is 8.39. The normalized spacial score (nSPS) is 1.00. The van der Waals surface area contributed by atoms with Crippen molar-refractivity contribution in [3.63, 3.8) is 0 Å². The summed E-state index contributed by atoms with van der Waals surface area (Å²) in [6.07, 6.45) is 0. The molecule has 0 N–H and O–H groups in total. The van der Waals surface area contributed by atoms with Crippen LogP contribution in [-0.2, 0) is 25.2 Å². The molecule has 1 radical (unpaired) electrons. The molecule has 0 aromatic carbocycles. The first-order chi connectivity index (χ1) is 1.00. The fourth-order valence-corrected chi connectivity index (χ4v) is 0. The summed E-state index contributed by atoms with van der Waals surface area (Å²) >= 11 is 0.0556. The summed E-state index contributed by atoms with van der Waals surface area (Å²) in [4.78, 5) is 0. The van der Waals surface area contributed by atoms with E-state index in [4.69, 9.17) is 2.81 Å². The van der Waals surface area contributed by atoms with Gasteiger partial charge in [-0.2, -0.15) is 0 Å². The van der Waals surface area contributed by atoms with E-state index in [0.717, 1.165) is 0 Å². The predicted molar refractivity (Wildman–Crippen MR) is 16.4 cm³/mol. The van der Waals surface area contributed by atoms with Crippen LogP contribution in [0.3, 0.4) is 0 Å². The standard InChI is InChI=1S/Bi.O.Sr.Ta.3H. The van der Waals surface area contributed by atoms with Crippen molar-refractivity contribution in [2.75, 3.05) is 0 Å². The van der Waals surface area contributed by atoms with Crippen molar-refractivity contribution in [3.05, 3.63) is 0 Å². The minimum atomic E-state index is 0. The molecule has 0 spiro atoms. The second-order valence-electron chi connectivity index (χ2n) is 0. The summed E-state index contributed by atoms with van der Waals surface area (Å²) in [7, 11) is 0. The van der Waals surface area contributed by atoms with Crippen molar-refractivity contribution in [2.45, 2.75) is 0 Å². The summed E-state index contributed by atoms with van der Waals surface area (Å²) in [6, 6.07) is 0. The van der Waals surface area contributed by atoms with Crippen LogP contribution in [0.25, 0.3) is 0 Å². The molecule has 0 atom stereocenters. The Labute approximate surface area is 93.0 Å². The largest absolute Gasteiger partial charge is 0 e. The van der Waals surface area contributed by atoms with E-state index in [1.165, 1.54) is 0 Å². The van der Waals surface area contributed by atoms with Crippen LogP contribution in [0.2, 0.25) is 0 Å². The molecule has 0 rings (SSSR count). The van der Waals surface area contributed by atoms with Gasteiger partial charge in [-0.25, -0.2) is 0 Å². The van der Waals surface area contributed by atoms with Gasteiger partial charge in [-0.05, 0) is 0 Å². The van der Waals surface area contributed by atoms with Crippen LogP contribution in [0.1, 0.15) is 0 Å². The molecule has 4 heteroatoms. The molecule has 4 heavy (non-hydrogen) atoms. The van der Waals surface area contributed by atoms with Crippen LogP contribution in [0.15, 0.2) is 0 Å². The molecule has 0 aliphatic rings. The van der Waals surface area contributed by atoms with Gasteiger partial charge in [-0.1, -0.05) is 0 Å². The summed E-state index contributed by atoms with van der Waals surface area (Å²) in [5, 5.41) is 0. The van der Waals surface area contributed by atoms with Crippen molar-refractivity contribution in [1.29, 1.82) is 0 Å². The minimum Gasteiger partial charge on any atom is 0 e. The maximum Gasteiger partial charge on any atom is 0 e. The van der Waals surface area contributed by atoms with Gasteiger partial charge in [-0.15, -0.1) is 0 Å². The van der Waals surface area contributed by atoms with Crippen LogP contribution >= 0.6 is 0 Å². The van der Waals surface area contributed by atoms with Crippen LogP contribution in [0, 0.1) is 0 Å². The molecule has 0 aliphatic carbocycles. The molecule has 0 aromatic heterocycles. The Morgan fingerprint density at radius 1 is 1.25 bits per heavy atom. The van der Waals surface area contributed by atoms with Gasteiger partial charge in [0.1, 0.15) is 0 Å². The Hall–Kier alpha value is 2.90. The Balaban J connectivity index is -0.00000000500. The van der Waals surface area contributed by atoms with Gasteiger partial charge >= 0.3 is 73.0 Å². The van der Waals surface area contributed by atoms with Crippen molar-refractivity contribution in [1.82, 2.24) is 0 Å². The quantitative estimate of drug-likeness (QED) is 0.366. The summed E-state index contributed by atoms with van der Waals surface area (Å²) in [5.41, 5.74) is 0. The maximum atomic E-state index is 8.39. The van der Waals surface area contributed by atoms with Crippen molar-refractivity contribution >= 4 is 70.2 Å². The van der Waals surface area contributed by atoms with Crippen molar-refractivity contribution < 1.29 is 25.2 Å². The minimum absolute atomic E-state index is 0. The monoisotopic (exact) mass is 497 g/mol. The first-order valence-electron chi connectivity index (χ1n) is 0.204. The van der Waals surface area contributed by atoms with E-state index >= 15 is 0 Å². The molecule has 0 fully saturated rings. The van der Waals surface area contributed by atoms with Gasteiger partial charge < -0.3 is 0 Å². The number of rotatable bonds is 0. The Kier molecular flexibility index (Phi) is 66.5. The average Bonchev–Trinajstić information content (AvgIpc) is 1.00. The fourth-order valence-electron chi connectivity index (χ4n) is 0. The van der Waals surface area contributed by atoms with Crippen LogP contribution in [0.4, 0.5) is 0 Å². The third-order valence-electron chi connectivity index (χ3n) is 0. The van der Waals surface area contributed by atoms with E-state index in [2.05, 4.69) is 0 Å². The molecule has 0 saturated heterocycles. The number of hydrogen-bond acceptors (Lipinski definition) is 1. The van der Waals surface area contributed by atoms with Crippen molar-refractivity contribution in [2.24, 2.45) is 0 Å². The molecule has 0 saturated carbocycles. The van der Waals surface area contributed by atoms with Crippen LogP contribution in [0.5, 0.6) is 0 Å². The smallest absolute Gasteiger partial charge is 0 e.